The minimum atomic E-state index is -0.254. The summed E-state index contributed by atoms with van der Waals surface area (Å²) in [4.78, 5) is 19.2. The monoisotopic (exact) mass is 436 g/mol. The summed E-state index contributed by atoms with van der Waals surface area (Å²) in [6.45, 7) is 5.48. The number of carbonyl (C=O) groups is 1. The van der Waals surface area contributed by atoms with Gasteiger partial charge in [0.2, 0.25) is 0 Å². The summed E-state index contributed by atoms with van der Waals surface area (Å²) in [5, 5.41) is 1.78. The summed E-state index contributed by atoms with van der Waals surface area (Å²) in [6.07, 6.45) is 1.92. The minimum absolute atomic E-state index is 0.104. The Morgan fingerprint density at radius 1 is 1.14 bits per heavy atom. The van der Waals surface area contributed by atoms with Crippen molar-refractivity contribution in [3.05, 3.63) is 51.0 Å². The highest BCUT2D eigenvalue weighted by molar-refractivity contribution is 8.18. The Bertz CT molecular complexity index is 955. The first-order valence-corrected chi connectivity index (χ1v) is 10.4. The van der Waals surface area contributed by atoms with Crippen molar-refractivity contribution in [1.29, 1.82) is 0 Å². The van der Waals surface area contributed by atoms with Gasteiger partial charge in [-0.2, -0.15) is 4.99 Å². The Kier molecular flexibility index (Phi) is 5.56. The number of furan rings is 1. The Morgan fingerprint density at radius 2 is 1.82 bits per heavy atom. The predicted octanol–water partition coefficient (Wildman–Crippen LogP) is 5.33. The fourth-order valence-electron chi connectivity index (χ4n) is 3.28. The van der Waals surface area contributed by atoms with Gasteiger partial charge >= 0.3 is 0 Å². The Morgan fingerprint density at radius 3 is 2.50 bits per heavy atom. The van der Waals surface area contributed by atoms with E-state index in [1.165, 1.54) is 11.8 Å². The summed E-state index contributed by atoms with van der Waals surface area (Å²) in [6, 6.07) is 8.85. The first-order valence-electron chi connectivity index (χ1n) is 8.86. The van der Waals surface area contributed by atoms with Crippen molar-refractivity contribution in [2.45, 2.75) is 26.1 Å². The van der Waals surface area contributed by atoms with Crippen LogP contribution in [0.3, 0.4) is 0 Å². The van der Waals surface area contributed by atoms with E-state index in [-0.39, 0.29) is 18.1 Å². The molecule has 2 aliphatic rings. The number of halogens is 2. The molecule has 4 rings (SSSR count). The van der Waals surface area contributed by atoms with Crippen LogP contribution in [0.4, 0.5) is 0 Å². The normalized spacial score (nSPS) is 24.1. The van der Waals surface area contributed by atoms with Crippen LogP contribution in [0, 0.1) is 0 Å². The highest BCUT2D eigenvalue weighted by Crippen LogP contribution is 2.33. The van der Waals surface area contributed by atoms with Crippen molar-refractivity contribution < 1.29 is 13.9 Å². The van der Waals surface area contributed by atoms with E-state index in [0.717, 1.165) is 18.7 Å². The number of ether oxygens (including phenoxy) is 1. The summed E-state index contributed by atoms with van der Waals surface area (Å²) in [5.41, 5.74) is 0.779. The third kappa shape index (κ3) is 4.30. The van der Waals surface area contributed by atoms with Gasteiger partial charge in [0, 0.05) is 34.8 Å². The van der Waals surface area contributed by atoms with Gasteiger partial charge in [0.1, 0.15) is 11.5 Å². The largest absolute Gasteiger partial charge is 0.457 e. The molecule has 0 radical (unpaired) electrons. The Hall–Kier alpha value is -1.73. The minimum Gasteiger partial charge on any atom is -0.457 e. The van der Waals surface area contributed by atoms with E-state index in [1.807, 2.05) is 26.0 Å². The average Bonchev–Trinajstić information content (AvgIpc) is 3.21. The van der Waals surface area contributed by atoms with Gasteiger partial charge in [-0.25, -0.2) is 0 Å². The number of hydrogen-bond donors (Lipinski definition) is 0. The van der Waals surface area contributed by atoms with E-state index in [4.69, 9.17) is 32.4 Å². The van der Waals surface area contributed by atoms with Crippen LogP contribution in [-0.4, -0.2) is 41.3 Å². The molecule has 3 heterocycles. The van der Waals surface area contributed by atoms with Gasteiger partial charge in [-0.3, -0.25) is 4.79 Å². The molecule has 1 aromatic carbocycles. The lowest BCUT2D eigenvalue weighted by molar-refractivity contribution is -0.113. The molecule has 146 valence electrons. The van der Waals surface area contributed by atoms with Gasteiger partial charge in [-0.1, -0.05) is 23.2 Å². The first-order chi connectivity index (χ1) is 13.4. The van der Waals surface area contributed by atoms with Gasteiger partial charge in [0.15, 0.2) is 5.17 Å². The van der Waals surface area contributed by atoms with Crippen LogP contribution in [0.15, 0.2) is 44.6 Å². The molecule has 0 N–H and O–H groups in total. The molecule has 2 aliphatic heterocycles. The third-order valence-electron chi connectivity index (χ3n) is 4.35. The van der Waals surface area contributed by atoms with Crippen LogP contribution in [0.2, 0.25) is 10.0 Å². The average molecular weight is 437 g/mol. The molecular formula is C20H18Cl2N2O3S. The molecule has 1 amide bonds. The summed E-state index contributed by atoms with van der Waals surface area (Å²) in [5.74, 6) is 0.946. The smallest absolute Gasteiger partial charge is 0.286 e. The highest BCUT2D eigenvalue weighted by atomic mass is 35.5. The van der Waals surface area contributed by atoms with Gasteiger partial charge in [0.25, 0.3) is 5.91 Å². The van der Waals surface area contributed by atoms with E-state index in [1.54, 1.807) is 24.3 Å². The van der Waals surface area contributed by atoms with Crippen molar-refractivity contribution in [3.63, 3.8) is 0 Å². The molecule has 1 aromatic heterocycles. The van der Waals surface area contributed by atoms with Crippen LogP contribution in [0.5, 0.6) is 0 Å². The second kappa shape index (κ2) is 7.95. The van der Waals surface area contributed by atoms with Crippen molar-refractivity contribution in [2.75, 3.05) is 13.1 Å². The standard InChI is InChI=1S/C20H18Cl2N2O3S/c1-11-9-24(10-12(2)26-11)20-23-19(25)18(28-20)8-16-3-4-17(27-16)13-5-14(21)7-15(22)6-13/h3-8,11-12H,9-10H2,1-2H3. The van der Waals surface area contributed by atoms with Crippen LogP contribution in [0.1, 0.15) is 19.6 Å². The van der Waals surface area contributed by atoms with Gasteiger partial charge < -0.3 is 14.1 Å². The molecule has 2 unspecified atom stereocenters. The highest BCUT2D eigenvalue weighted by Gasteiger charge is 2.31. The maximum Gasteiger partial charge on any atom is 0.286 e. The summed E-state index contributed by atoms with van der Waals surface area (Å²) in [7, 11) is 0. The van der Waals surface area contributed by atoms with E-state index >= 15 is 0 Å². The number of nitrogens with zero attached hydrogens (tertiary/aromatic N) is 2. The second-order valence-corrected chi connectivity index (χ2v) is 8.71. The number of amidine groups is 1. The second-order valence-electron chi connectivity index (χ2n) is 6.83. The fourth-order valence-corrected chi connectivity index (χ4v) is 4.72. The van der Waals surface area contributed by atoms with E-state index in [0.29, 0.717) is 31.6 Å². The van der Waals surface area contributed by atoms with E-state index in [2.05, 4.69) is 9.89 Å². The molecule has 8 heteroatoms. The zero-order valence-electron chi connectivity index (χ0n) is 15.3. The number of aliphatic imine (C=N–C) groups is 1. The lowest BCUT2D eigenvalue weighted by Crippen LogP contribution is -2.47. The molecule has 1 fully saturated rings. The predicted molar refractivity (Wildman–Crippen MR) is 114 cm³/mol. The lowest BCUT2D eigenvalue weighted by Gasteiger charge is -2.35. The zero-order valence-corrected chi connectivity index (χ0v) is 17.6. The number of thioether (sulfide) groups is 1. The number of rotatable bonds is 2. The summed E-state index contributed by atoms with van der Waals surface area (Å²) < 4.78 is 11.6. The van der Waals surface area contributed by atoms with Crippen LogP contribution >= 0.6 is 35.0 Å². The van der Waals surface area contributed by atoms with Crippen molar-refractivity contribution in [3.8, 4) is 11.3 Å². The maximum atomic E-state index is 12.3. The van der Waals surface area contributed by atoms with Crippen LogP contribution < -0.4 is 0 Å². The topological polar surface area (TPSA) is 55.0 Å². The van der Waals surface area contributed by atoms with E-state index in [9.17, 15) is 4.79 Å². The van der Waals surface area contributed by atoms with Gasteiger partial charge in [0.05, 0.1) is 17.1 Å². The molecule has 5 nitrogen and oxygen atoms in total. The number of amides is 1. The van der Waals surface area contributed by atoms with E-state index < -0.39 is 0 Å². The number of hydrogen-bond acceptors (Lipinski definition) is 5. The Labute approximate surface area is 177 Å². The molecule has 0 spiro atoms. The first kappa shape index (κ1) is 19.6. The lowest BCUT2D eigenvalue weighted by atomic mass is 10.2. The van der Waals surface area contributed by atoms with Crippen LogP contribution in [0.25, 0.3) is 17.4 Å². The molecule has 2 atom stereocenters. The molecule has 0 aliphatic carbocycles. The molecule has 0 bridgehead atoms. The number of carbonyl (C=O) groups excluding carboxylic acids is 1. The Balaban J connectivity index is 1.51. The van der Waals surface area contributed by atoms with Crippen LogP contribution in [-0.2, 0) is 9.53 Å². The SMILES string of the molecule is CC1CN(C2=NC(=O)C(=Cc3ccc(-c4cc(Cl)cc(Cl)c4)o3)S2)CC(C)O1. The molecule has 1 saturated heterocycles. The number of benzene rings is 1. The third-order valence-corrected chi connectivity index (χ3v) is 5.83. The molecule has 28 heavy (non-hydrogen) atoms. The van der Waals surface area contributed by atoms with Crippen molar-refractivity contribution in [2.24, 2.45) is 4.99 Å². The van der Waals surface area contributed by atoms with Crippen molar-refractivity contribution in [1.82, 2.24) is 4.90 Å². The zero-order chi connectivity index (χ0) is 19.8. The van der Waals surface area contributed by atoms with Crippen molar-refractivity contribution >= 4 is 52.1 Å². The summed E-state index contributed by atoms with van der Waals surface area (Å²) >= 11 is 13.5. The fraction of sp³-hybridized carbons (Fsp3) is 0.300. The molecule has 0 saturated carbocycles. The number of morpholine rings is 1. The maximum absolute atomic E-state index is 12.3. The van der Waals surface area contributed by atoms with Gasteiger partial charge in [-0.05, 0) is 55.9 Å². The van der Waals surface area contributed by atoms with Gasteiger partial charge in [-0.15, -0.1) is 0 Å². The molecule has 2 aromatic rings. The molecular weight excluding hydrogens is 419 g/mol. The quantitative estimate of drug-likeness (QED) is 0.595.